The number of rotatable bonds is 4. The van der Waals surface area contributed by atoms with E-state index in [0.29, 0.717) is 21.7 Å². The summed E-state index contributed by atoms with van der Waals surface area (Å²) in [5.74, 6) is 0.235. The molecule has 0 atom stereocenters. The highest BCUT2D eigenvalue weighted by Gasteiger charge is 2.11. The molecule has 2 rings (SSSR count). The highest BCUT2D eigenvalue weighted by molar-refractivity contribution is 9.10. The molecule has 0 spiro atoms. The smallest absolute Gasteiger partial charge is 0.223 e. The zero-order chi connectivity index (χ0) is 13.8. The van der Waals surface area contributed by atoms with Crippen LogP contribution >= 0.6 is 15.9 Å². The van der Waals surface area contributed by atoms with E-state index in [4.69, 9.17) is 0 Å². The van der Waals surface area contributed by atoms with E-state index in [2.05, 4.69) is 38.1 Å². The van der Waals surface area contributed by atoms with Gasteiger partial charge in [0.25, 0.3) is 0 Å². The standard InChI is InChI=1S/C14H15BrFN3/c1-3-7-17-14-18-9(2)8-12(19-14)10-5-4-6-11(15)13(10)16/h4-6,8H,3,7H2,1-2H3,(H,17,18,19). The molecule has 0 aliphatic carbocycles. The van der Waals surface area contributed by atoms with Crippen LogP contribution in [-0.2, 0) is 0 Å². The molecule has 0 saturated carbocycles. The predicted octanol–water partition coefficient (Wildman–Crippen LogP) is 4.18. The van der Waals surface area contributed by atoms with Gasteiger partial charge in [-0.3, -0.25) is 0 Å². The maximum atomic E-state index is 14.1. The molecular weight excluding hydrogens is 309 g/mol. The highest BCUT2D eigenvalue weighted by Crippen LogP contribution is 2.27. The van der Waals surface area contributed by atoms with Gasteiger partial charge < -0.3 is 5.32 Å². The Bertz CT molecular complexity index is 587. The number of hydrogen-bond donors (Lipinski definition) is 1. The summed E-state index contributed by atoms with van der Waals surface area (Å²) in [4.78, 5) is 8.65. The van der Waals surface area contributed by atoms with E-state index < -0.39 is 0 Å². The average Bonchev–Trinajstić information content (AvgIpc) is 2.39. The SMILES string of the molecule is CCCNc1nc(C)cc(-c2cccc(Br)c2F)n1. The number of anilines is 1. The van der Waals surface area contributed by atoms with Gasteiger partial charge in [0.1, 0.15) is 5.82 Å². The van der Waals surface area contributed by atoms with E-state index >= 15 is 0 Å². The first-order chi connectivity index (χ1) is 9.11. The van der Waals surface area contributed by atoms with Crippen LogP contribution in [0, 0.1) is 12.7 Å². The fourth-order valence-electron chi connectivity index (χ4n) is 1.72. The van der Waals surface area contributed by atoms with Gasteiger partial charge in [-0.2, -0.15) is 0 Å². The lowest BCUT2D eigenvalue weighted by Gasteiger charge is -2.08. The third kappa shape index (κ3) is 3.29. The van der Waals surface area contributed by atoms with Crippen molar-refractivity contribution in [1.29, 1.82) is 0 Å². The first-order valence-electron chi connectivity index (χ1n) is 6.15. The Morgan fingerprint density at radius 2 is 2.11 bits per heavy atom. The van der Waals surface area contributed by atoms with Crippen molar-refractivity contribution in [3.05, 3.63) is 40.2 Å². The lowest BCUT2D eigenvalue weighted by molar-refractivity contribution is 0.624. The second kappa shape index (κ2) is 6.10. The molecule has 2 aromatic rings. The predicted molar refractivity (Wildman–Crippen MR) is 78.6 cm³/mol. The van der Waals surface area contributed by atoms with Gasteiger partial charge in [0.15, 0.2) is 0 Å². The molecule has 0 unspecified atom stereocenters. The van der Waals surface area contributed by atoms with Crippen LogP contribution in [-0.4, -0.2) is 16.5 Å². The fraction of sp³-hybridized carbons (Fsp3) is 0.286. The summed E-state index contributed by atoms with van der Waals surface area (Å²) in [5.41, 5.74) is 1.87. The molecule has 19 heavy (non-hydrogen) atoms. The molecule has 0 amide bonds. The summed E-state index contributed by atoms with van der Waals surface area (Å²) < 4.78 is 14.5. The van der Waals surface area contributed by atoms with Crippen LogP contribution in [0.15, 0.2) is 28.7 Å². The number of nitrogens with one attached hydrogen (secondary N) is 1. The quantitative estimate of drug-likeness (QED) is 0.917. The Morgan fingerprint density at radius 1 is 1.32 bits per heavy atom. The van der Waals surface area contributed by atoms with E-state index in [1.807, 2.05) is 6.92 Å². The minimum atomic E-state index is -0.304. The third-order valence-electron chi connectivity index (χ3n) is 2.61. The summed E-state index contributed by atoms with van der Waals surface area (Å²) >= 11 is 3.19. The van der Waals surface area contributed by atoms with Crippen LogP contribution in [0.2, 0.25) is 0 Å². The van der Waals surface area contributed by atoms with Gasteiger partial charge in [0.05, 0.1) is 10.2 Å². The van der Waals surface area contributed by atoms with Crippen LogP contribution in [0.4, 0.5) is 10.3 Å². The van der Waals surface area contributed by atoms with Gasteiger partial charge in [-0.15, -0.1) is 0 Å². The van der Waals surface area contributed by atoms with Gasteiger partial charge in [-0.05, 0) is 47.5 Å². The lowest BCUT2D eigenvalue weighted by Crippen LogP contribution is -2.06. The summed E-state index contributed by atoms with van der Waals surface area (Å²) in [6.07, 6.45) is 0.984. The molecule has 1 heterocycles. The van der Waals surface area contributed by atoms with Crippen molar-refractivity contribution in [3.63, 3.8) is 0 Å². The van der Waals surface area contributed by atoms with E-state index in [9.17, 15) is 4.39 Å². The van der Waals surface area contributed by atoms with Crippen molar-refractivity contribution in [2.75, 3.05) is 11.9 Å². The monoisotopic (exact) mass is 323 g/mol. The Labute approximate surface area is 120 Å². The fourth-order valence-corrected chi connectivity index (χ4v) is 2.09. The van der Waals surface area contributed by atoms with Gasteiger partial charge in [0.2, 0.25) is 5.95 Å². The second-order valence-electron chi connectivity index (χ2n) is 4.25. The molecule has 1 aromatic carbocycles. The van der Waals surface area contributed by atoms with Crippen LogP contribution < -0.4 is 5.32 Å². The molecule has 1 aromatic heterocycles. The molecule has 0 bridgehead atoms. The largest absolute Gasteiger partial charge is 0.354 e. The lowest BCUT2D eigenvalue weighted by atomic mass is 10.1. The molecule has 0 aliphatic rings. The van der Waals surface area contributed by atoms with Gasteiger partial charge in [0, 0.05) is 17.8 Å². The van der Waals surface area contributed by atoms with Crippen LogP contribution in [0.3, 0.4) is 0 Å². The van der Waals surface area contributed by atoms with Crippen molar-refractivity contribution in [2.45, 2.75) is 20.3 Å². The maximum Gasteiger partial charge on any atom is 0.223 e. The zero-order valence-electron chi connectivity index (χ0n) is 10.9. The molecule has 5 heteroatoms. The van der Waals surface area contributed by atoms with E-state index in [-0.39, 0.29) is 5.82 Å². The maximum absolute atomic E-state index is 14.1. The highest BCUT2D eigenvalue weighted by atomic mass is 79.9. The molecule has 0 fully saturated rings. The van der Waals surface area contributed by atoms with E-state index in [1.54, 1.807) is 24.3 Å². The van der Waals surface area contributed by atoms with Crippen molar-refractivity contribution >= 4 is 21.9 Å². The second-order valence-corrected chi connectivity index (χ2v) is 5.10. The average molecular weight is 324 g/mol. The first-order valence-corrected chi connectivity index (χ1v) is 6.95. The Hall–Kier alpha value is -1.49. The van der Waals surface area contributed by atoms with Crippen LogP contribution in [0.5, 0.6) is 0 Å². The number of halogens is 2. The molecule has 0 aliphatic heterocycles. The molecule has 3 nitrogen and oxygen atoms in total. The normalized spacial score (nSPS) is 10.5. The van der Waals surface area contributed by atoms with Gasteiger partial charge in [-0.1, -0.05) is 13.0 Å². The first kappa shape index (κ1) is 13.9. The number of nitrogens with zero attached hydrogens (tertiary/aromatic N) is 2. The minimum absolute atomic E-state index is 0.304. The van der Waals surface area contributed by atoms with Gasteiger partial charge >= 0.3 is 0 Å². The Kier molecular flexibility index (Phi) is 4.47. The molecule has 0 radical (unpaired) electrons. The molecule has 100 valence electrons. The number of aryl methyl sites for hydroxylation is 1. The summed E-state index contributed by atoms with van der Waals surface area (Å²) in [6, 6.07) is 6.95. The Morgan fingerprint density at radius 3 is 2.84 bits per heavy atom. The van der Waals surface area contributed by atoms with Crippen molar-refractivity contribution in [2.24, 2.45) is 0 Å². The summed E-state index contributed by atoms with van der Waals surface area (Å²) in [6.45, 7) is 4.74. The summed E-state index contributed by atoms with van der Waals surface area (Å²) in [5, 5.41) is 3.12. The van der Waals surface area contributed by atoms with Crippen LogP contribution in [0.1, 0.15) is 19.0 Å². The third-order valence-corrected chi connectivity index (χ3v) is 3.23. The summed E-state index contributed by atoms with van der Waals surface area (Å²) in [7, 11) is 0. The van der Waals surface area contributed by atoms with Crippen LogP contribution in [0.25, 0.3) is 11.3 Å². The van der Waals surface area contributed by atoms with E-state index in [1.165, 1.54) is 0 Å². The van der Waals surface area contributed by atoms with Gasteiger partial charge in [-0.25, -0.2) is 14.4 Å². The topological polar surface area (TPSA) is 37.8 Å². The minimum Gasteiger partial charge on any atom is -0.354 e. The van der Waals surface area contributed by atoms with Crippen molar-refractivity contribution < 1.29 is 4.39 Å². The molecule has 1 N–H and O–H groups in total. The zero-order valence-corrected chi connectivity index (χ0v) is 12.5. The number of hydrogen-bond acceptors (Lipinski definition) is 3. The molecule has 0 saturated heterocycles. The van der Waals surface area contributed by atoms with Crippen molar-refractivity contribution in [3.8, 4) is 11.3 Å². The number of aromatic nitrogens is 2. The van der Waals surface area contributed by atoms with E-state index in [0.717, 1.165) is 18.7 Å². The Balaban J connectivity index is 2.44. The molecular formula is C14H15BrFN3. The number of benzene rings is 1. The van der Waals surface area contributed by atoms with Crippen molar-refractivity contribution in [1.82, 2.24) is 9.97 Å².